The van der Waals surface area contributed by atoms with Gasteiger partial charge in [-0.3, -0.25) is 0 Å². The van der Waals surface area contributed by atoms with Gasteiger partial charge in [0.25, 0.3) is 0 Å². The van der Waals surface area contributed by atoms with Crippen LogP contribution in [0.4, 0.5) is 0 Å². The van der Waals surface area contributed by atoms with Gasteiger partial charge in [-0.2, -0.15) is 0 Å². The van der Waals surface area contributed by atoms with Crippen molar-refractivity contribution in [2.75, 3.05) is 6.61 Å². The van der Waals surface area contributed by atoms with Crippen LogP contribution in [0.3, 0.4) is 0 Å². The molecule has 18 heavy (non-hydrogen) atoms. The van der Waals surface area contributed by atoms with Gasteiger partial charge in [-0.05, 0) is 0 Å². The molecule has 0 spiro atoms. The summed E-state index contributed by atoms with van der Waals surface area (Å²) in [5.74, 6) is 2.11. The number of H-pyrrole nitrogens is 1. The zero-order valence-corrected chi connectivity index (χ0v) is 10.1. The molecule has 0 aromatic carbocycles. The molecule has 1 atom stereocenters. The predicted molar refractivity (Wildman–Crippen MR) is 61.2 cm³/mol. The van der Waals surface area contributed by atoms with Gasteiger partial charge in [-0.1, -0.05) is 0 Å². The number of hydrogen-bond donors (Lipinski definition) is 3. The summed E-state index contributed by atoms with van der Waals surface area (Å²) >= 11 is 0. The standard InChI is InChI=1S/C9H10N5O3P/c10-8-7-9(12-3-11-7)13-4-14(8)1-6(2-15)17-5-18-16/h3-4,6,10,15H,1-2H2,(H,11,12)/t6-/m0/s1. The fourth-order valence-electron chi connectivity index (χ4n) is 1.47. The topological polar surface area (TPSA) is 117 Å². The predicted octanol–water partition coefficient (Wildman–Crippen LogP) is -0.175. The Morgan fingerprint density at radius 2 is 2.50 bits per heavy atom. The Hall–Kier alpha value is -1.72. The van der Waals surface area contributed by atoms with Crippen LogP contribution in [0.2, 0.25) is 0 Å². The Morgan fingerprint density at radius 1 is 1.67 bits per heavy atom. The average molecular weight is 267 g/mol. The van der Waals surface area contributed by atoms with Crippen LogP contribution in [0.15, 0.2) is 12.7 Å². The molecule has 0 radical (unpaired) electrons. The summed E-state index contributed by atoms with van der Waals surface area (Å²) in [6.07, 6.45) is 2.26. The second kappa shape index (κ2) is 5.75. The molecule has 2 aromatic heterocycles. The molecule has 8 nitrogen and oxygen atoms in total. The first-order valence-corrected chi connectivity index (χ1v) is 5.84. The van der Waals surface area contributed by atoms with E-state index in [2.05, 4.69) is 20.8 Å². The maximum atomic E-state index is 10.2. The van der Waals surface area contributed by atoms with Crippen molar-refractivity contribution in [2.45, 2.75) is 12.6 Å². The molecule has 0 bridgehead atoms. The normalized spacial score (nSPS) is 12.3. The number of aromatic amines is 1. The van der Waals surface area contributed by atoms with E-state index in [1.165, 1.54) is 17.2 Å². The maximum absolute atomic E-state index is 10.2. The zero-order valence-electron chi connectivity index (χ0n) is 9.20. The molecule has 9 heteroatoms. The van der Waals surface area contributed by atoms with Gasteiger partial charge in [0.1, 0.15) is 0 Å². The molecule has 0 fully saturated rings. The van der Waals surface area contributed by atoms with Crippen LogP contribution in [0.25, 0.3) is 11.2 Å². The van der Waals surface area contributed by atoms with Gasteiger partial charge in [0, 0.05) is 0 Å². The van der Waals surface area contributed by atoms with Crippen molar-refractivity contribution in [3.63, 3.8) is 0 Å². The second-order valence-corrected chi connectivity index (χ2v) is 3.82. The Labute approximate surface area is 102 Å². The van der Waals surface area contributed by atoms with Crippen LogP contribution in [0.5, 0.6) is 0 Å². The van der Waals surface area contributed by atoms with E-state index in [0.29, 0.717) is 11.2 Å². The summed E-state index contributed by atoms with van der Waals surface area (Å²) in [7, 11) is -0.389. The number of aromatic nitrogens is 4. The number of nitrogens with one attached hydrogen (secondary N) is 2. The van der Waals surface area contributed by atoms with Crippen molar-refractivity contribution in [1.82, 2.24) is 19.5 Å². The third-order valence-electron chi connectivity index (χ3n) is 2.32. The number of rotatable bonds is 4. The van der Waals surface area contributed by atoms with Gasteiger partial charge in [-0.25, -0.2) is 0 Å². The van der Waals surface area contributed by atoms with Crippen molar-refractivity contribution in [3.05, 3.63) is 18.1 Å². The molecule has 3 N–H and O–H groups in total. The number of ether oxygens (including phenoxy) is 1. The molecule has 0 aliphatic heterocycles. The van der Waals surface area contributed by atoms with Gasteiger partial charge >= 0.3 is 102 Å². The van der Waals surface area contributed by atoms with E-state index in [-0.39, 0.29) is 26.6 Å². The average Bonchev–Trinajstić information content (AvgIpc) is 2.86. The third kappa shape index (κ3) is 2.57. The number of aliphatic hydroxyl groups is 1. The first-order valence-electron chi connectivity index (χ1n) is 5.03. The summed E-state index contributed by atoms with van der Waals surface area (Å²) in [5, 5.41) is 17.0. The summed E-state index contributed by atoms with van der Waals surface area (Å²) in [6.45, 7) is -0.0875. The van der Waals surface area contributed by atoms with Crippen molar-refractivity contribution in [3.8, 4) is 5.81 Å². The minimum absolute atomic E-state index is 0.180. The molecular weight excluding hydrogens is 257 g/mol. The molecule has 0 unspecified atom stereocenters. The van der Waals surface area contributed by atoms with E-state index in [0.717, 1.165) is 0 Å². The van der Waals surface area contributed by atoms with Gasteiger partial charge in [0.2, 0.25) is 0 Å². The summed E-state index contributed by atoms with van der Waals surface area (Å²) in [6, 6.07) is 0. The third-order valence-corrected chi connectivity index (χ3v) is 2.50. The van der Waals surface area contributed by atoms with Crippen LogP contribution in [-0.2, 0) is 15.8 Å². The fourth-order valence-corrected chi connectivity index (χ4v) is 1.66. The van der Waals surface area contributed by atoms with Crippen LogP contribution >= 0.6 is 7.92 Å². The monoisotopic (exact) mass is 267 g/mol. The SMILES string of the molecule is N=c1c2[nH]cnc2ncn1C[C@@H](CO)OC#P=O. The van der Waals surface area contributed by atoms with E-state index in [1.807, 2.05) is 0 Å². The van der Waals surface area contributed by atoms with Crippen LogP contribution in [0.1, 0.15) is 0 Å². The number of nitrogens with zero attached hydrogens (tertiary/aromatic N) is 3. The zero-order chi connectivity index (χ0) is 13.0. The molecule has 0 saturated carbocycles. The van der Waals surface area contributed by atoms with Crippen molar-refractivity contribution < 1.29 is 14.4 Å². The van der Waals surface area contributed by atoms with Gasteiger partial charge in [0.15, 0.2) is 0 Å². The number of imidazole rings is 1. The van der Waals surface area contributed by atoms with E-state index in [1.54, 1.807) is 0 Å². The van der Waals surface area contributed by atoms with Crippen LogP contribution in [-0.4, -0.2) is 37.3 Å². The summed E-state index contributed by atoms with van der Waals surface area (Å²) in [4.78, 5) is 10.8. The Bertz CT molecular complexity index is 703. The van der Waals surface area contributed by atoms with E-state index < -0.39 is 6.10 Å². The molecule has 2 aromatic rings. The van der Waals surface area contributed by atoms with E-state index in [4.69, 9.17) is 15.3 Å². The summed E-state index contributed by atoms with van der Waals surface area (Å²) in [5.41, 5.74) is 1.14. The number of aliphatic hydroxyl groups excluding tert-OH is 1. The molecule has 94 valence electrons. The van der Waals surface area contributed by atoms with Crippen molar-refractivity contribution >= 4 is 19.1 Å². The molecular formula is C9H10N5O3P. The molecule has 0 saturated heterocycles. The van der Waals surface area contributed by atoms with Gasteiger partial charge in [0.05, 0.1) is 0 Å². The van der Waals surface area contributed by atoms with Crippen molar-refractivity contribution in [1.29, 1.82) is 5.41 Å². The van der Waals surface area contributed by atoms with E-state index in [9.17, 15) is 4.57 Å². The Kier molecular flexibility index (Phi) is 4.07. The first-order chi connectivity index (χ1) is 8.76. The quantitative estimate of drug-likeness (QED) is 0.664. The molecule has 0 amide bonds. The molecule has 2 heterocycles. The van der Waals surface area contributed by atoms with Gasteiger partial charge < -0.3 is 0 Å². The molecule has 0 aliphatic rings. The number of fused-ring (bicyclic) bond motifs is 1. The Balaban J connectivity index is 2.29. The molecule has 2 rings (SSSR count). The van der Waals surface area contributed by atoms with E-state index >= 15 is 0 Å². The number of hydrogen-bond acceptors (Lipinski definition) is 6. The van der Waals surface area contributed by atoms with Crippen LogP contribution < -0.4 is 5.49 Å². The fraction of sp³-hybridized carbons (Fsp3) is 0.333. The summed E-state index contributed by atoms with van der Waals surface area (Å²) < 4.78 is 16.6. The first kappa shape index (κ1) is 12.7. The van der Waals surface area contributed by atoms with Gasteiger partial charge in [-0.15, -0.1) is 0 Å². The second-order valence-electron chi connectivity index (χ2n) is 3.45. The minimum atomic E-state index is -0.636. The Morgan fingerprint density at radius 3 is 3.22 bits per heavy atom. The van der Waals surface area contributed by atoms with Crippen LogP contribution in [0, 0.1) is 11.2 Å². The van der Waals surface area contributed by atoms with Crippen molar-refractivity contribution in [2.24, 2.45) is 0 Å². The molecule has 0 aliphatic carbocycles.